The zero-order valence-electron chi connectivity index (χ0n) is 14.8. The van der Waals surface area contributed by atoms with Crippen molar-refractivity contribution in [2.75, 3.05) is 12.4 Å². The van der Waals surface area contributed by atoms with Crippen molar-refractivity contribution < 1.29 is 9.53 Å². The fourth-order valence-corrected chi connectivity index (χ4v) is 2.91. The van der Waals surface area contributed by atoms with E-state index in [4.69, 9.17) is 16.3 Å². The van der Waals surface area contributed by atoms with Crippen LogP contribution in [0.15, 0.2) is 66.7 Å². The number of hydrogen-bond donors (Lipinski definition) is 1. The molecule has 0 fully saturated rings. The second-order valence-electron chi connectivity index (χ2n) is 6.09. The van der Waals surface area contributed by atoms with E-state index in [2.05, 4.69) is 17.4 Å². The van der Waals surface area contributed by atoms with Gasteiger partial charge in [-0.2, -0.15) is 0 Å². The quantitative estimate of drug-likeness (QED) is 0.647. The van der Waals surface area contributed by atoms with E-state index in [1.54, 1.807) is 13.2 Å². The lowest BCUT2D eigenvalue weighted by molar-refractivity contribution is -0.115. The van der Waals surface area contributed by atoms with Crippen molar-refractivity contribution in [3.8, 4) is 16.9 Å². The predicted molar refractivity (Wildman–Crippen MR) is 107 cm³/mol. The van der Waals surface area contributed by atoms with Crippen molar-refractivity contribution >= 4 is 23.2 Å². The molecule has 1 N–H and O–H groups in total. The number of aryl methyl sites for hydroxylation is 1. The van der Waals surface area contributed by atoms with Gasteiger partial charge in [-0.15, -0.1) is 0 Å². The number of ether oxygens (including phenoxy) is 1. The predicted octanol–water partition coefficient (Wildman–Crippen LogP) is 5.51. The third-order valence-electron chi connectivity index (χ3n) is 4.18. The van der Waals surface area contributed by atoms with Crippen molar-refractivity contribution in [2.45, 2.75) is 13.3 Å². The first-order chi connectivity index (χ1) is 12.6. The highest BCUT2D eigenvalue weighted by atomic mass is 35.5. The summed E-state index contributed by atoms with van der Waals surface area (Å²) in [6.45, 7) is 1.89. The maximum absolute atomic E-state index is 12.4. The highest BCUT2D eigenvalue weighted by Crippen LogP contribution is 2.31. The van der Waals surface area contributed by atoms with Crippen LogP contribution in [-0.2, 0) is 11.2 Å². The van der Waals surface area contributed by atoms with Crippen molar-refractivity contribution in [1.29, 1.82) is 0 Å². The SMILES string of the molecule is COc1cc(Cl)c(C)cc1NC(=O)Cc1ccc(-c2ccccc2)cc1. The van der Waals surface area contributed by atoms with Crippen LogP contribution in [0, 0.1) is 6.92 Å². The molecule has 0 aliphatic carbocycles. The molecule has 0 unspecified atom stereocenters. The summed E-state index contributed by atoms with van der Waals surface area (Å²) in [5.74, 6) is 0.450. The topological polar surface area (TPSA) is 38.3 Å². The molecule has 3 aromatic carbocycles. The Morgan fingerprint density at radius 3 is 2.31 bits per heavy atom. The minimum Gasteiger partial charge on any atom is -0.495 e. The van der Waals surface area contributed by atoms with Crippen molar-refractivity contribution in [3.63, 3.8) is 0 Å². The standard InChI is InChI=1S/C22H20ClNO2/c1-15-12-20(21(26-2)14-19(15)23)24-22(25)13-16-8-10-18(11-9-16)17-6-4-3-5-7-17/h3-12,14H,13H2,1-2H3,(H,24,25). The average molecular weight is 366 g/mol. The summed E-state index contributed by atoms with van der Waals surface area (Å²) in [6, 6.07) is 21.7. The van der Waals surface area contributed by atoms with Gasteiger partial charge < -0.3 is 10.1 Å². The van der Waals surface area contributed by atoms with E-state index < -0.39 is 0 Å². The Kier molecular flexibility index (Phi) is 5.59. The molecule has 132 valence electrons. The number of carbonyl (C=O) groups is 1. The maximum Gasteiger partial charge on any atom is 0.228 e. The molecule has 3 rings (SSSR count). The zero-order valence-corrected chi connectivity index (χ0v) is 15.5. The summed E-state index contributed by atoms with van der Waals surface area (Å²) in [5.41, 5.74) is 4.75. The van der Waals surface area contributed by atoms with Gasteiger partial charge >= 0.3 is 0 Å². The van der Waals surface area contributed by atoms with Crippen LogP contribution in [0.25, 0.3) is 11.1 Å². The first kappa shape index (κ1) is 18.0. The molecule has 3 aromatic rings. The van der Waals surface area contributed by atoms with Crippen LogP contribution in [-0.4, -0.2) is 13.0 Å². The third-order valence-corrected chi connectivity index (χ3v) is 4.59. The number of halogens is 1. The Morgan fingerprint density at radius 1 is 1.00 bits per heavy atom. The van der Waals surface area contributed by atoms with Gasteiger partial charge in [0, 0.05) is 11.1 Å². The van der Waals surface area contributed by atoms with E-state index in [1.807, 2.05) is 55.5 Å². The molecule has 0 saturated heterocycles. The minimum absolute atomic E-state index is 0.0996. The van der Waals surface area contributed by atoms with E-state index in [1.165, 1.54) is 0 Å². The lowest BCUT2D eigenvalue weighted by atomic mass is 10.0. The molecule has 26 heavy (non-hydrogen) atoms. The molecule has 1 amide bonds. The molecule has 0 saturated carbocycles. The van der Waals surface area contributed by atoms with Gasteiger partial charge in [0.25, 0.3) is 0 Å². The molecular weight excluding hydrogens is 346 g/mol. The Balaban J connectivity index is 1.70. The lowest BCUT2D eigenvalue weighted by Gasteiger charge is -2.12. The summed E-state index contributed by atoms with van der Waals surface area (Å²) in [4.78, 5) is 12.4. The van der Waals surface area contributed by atoms with Crippen LogP contribution in [0.5, 0.6) is 5.75 Å². The van der Waals surface area contributed by atoms with Crippen molar-refractivity contribution in [3.05, 3.63) is 82.9 Å². The van der Waals surface area contributed by atoms with Gasteiger partial charge in [-0.1, -0.05) is 66.2 Å². The molecular formula is C22H20ClNO2. The number of amides is 1. The molecule has 0 aromatic heterocycles. The minimum atomic E-state index is -0.0996. The fourth-order valence-electron chi connectivity index (χ4n) is 2.76. The number of methoxy groups -OCH3 is 1. The normalized spacial score (nSPS) is 10.4. The summed E-state index contributed by atoms with van der Waals surface area (Å²) in [6.07, 6.45) is 0.292. The van der Waals surface area contributed by atoms with Gasteiger partial charge in [0.15, 0.2) is 0 Å². The number of carbonyl (C=O) groups excluding carboxylic acids is 1. The van der Waals surface area contributed by atoms with E-state index in [0.29, 0.717) is 22.9 Å². The fraction of sp³-hybridized carbons (Fsp3) is 0.136. The summed E-state index contributed by atoms with van der Waals surface area (Å²) in [5, 5.41) is 3.51. The van der Waals surface area contributed by atoms with E-state index >= 15 is 0 Å². The number of hydrogen-bond acceptors (Lipinski definition) is 2. The number of nitrogens with one attached hydrogen (secondary N) is 1. The monoisotopic (exact) mass is 365 g/mol. The summed E-state index contributed by atoms with van der Waals surface area (Å²) < 4.78 is 5.30. The van der Waals surface area contributed by atoms with Crippen LogP contribution in [0.1, 0.15) is 11.1 Å². The second kappa shape index (κ2) is 8.07. The molecule has 4 heteroatoms. The van der Waals surface area contributed by atoms with E-state index in [9.17, 15) is 4.79 Å². The van der Waals surface area contributed by atoms with Crippen molar-refractivity contribution in [2.24, 2.45) is 0 Å². The maximum atomic E-state index is 12.4. The highest BCUT2D eigenvalue weighted by molar-refractivity contribution is 6.31. The molecule has 0 bridgehead atoms. The Bertz CT molecular complexity index is 905. The van der Waals surface area contributed by atoms with E-state index in [-0.39, 0.29) is 5.91 Å². The van der Waals surface area contributed by atoms with Crippen LogP contribution >= 0.6 is 11.6 Å². The van der Waals surface area contributed by atoms with Crippen LogP contribution < -0.4 is 10.1 Å². The van der Waals surface area contributed by atoms with Crippen molar-refractivity contribution in [1.82, 2.24) is 0 Å². The van der Waals surface area contributed by atoms with Crippen LogP contribution in [0.3, 0.4) is 0 Å². The van der Waals surface area contributed by atoms with E-state index in [0.717, 1.165) is 22.3 Å². The van der Waals surface area contributed by atoms with Crippen LogP contribution in [0.4, 0.5) is 5.69 Å². The Labute approximate surface area is 158 Å². The molecule has 0 spiro atoms. The third kappa shape index (κ3) is 4.24. The zero-order chi connectivity index (χ0) is 18.5. The number of benzene rings is 3. The van der Waals surface area contributed by atoms with Gasteiger partial charge in [-0.05, 0) is 35.2 Å². The second-order valence-corrected chi connectivity index (χ2v) is 6.50. The number of anilines is 1. The van der Waals surface area contributed by atoms with Gasteiger partial charge in [-0.3, -0.25) is 4.79 Å². The Morgan fingerprint density at radius 2 is 1.65 bits per heavy atom. The Hall–Kier alpha value is -2.78. The molecule has 0 radical (unpaired) electrons. The van der Waals surface area contributed by atoms with Crippen LogP contribution in [0.2, 0.25) is 5.02 Å². The molecule has 0 atom stereocenters. The number of rotatable bonds is 5. The summed E-state index contributed by atoms with van der Waals surface area (Å²) >= 11 is 6.10. The smallest absolute Gasteiger partial charge is 0.228 e. The van der Waals surface area contributed by atoms with Gasteiger partial charge in [-0.25, -0.2) is 0 Å². The lowest BCUT2D eigenvalue weighted by Crippen LogP contribution is -2.15. The highest BCUT2D eigenvalue weighted by Gasteiger charge is 2.11. The molecule has 0 aliphatic heterocycles. The van der Waals surface area contributed by atoms with Gasteiger partial charge in [0.2, 0.25) is 5.91 Å². The largest absolute Gasteiger partial charge is 0.495 e. The van der Waals surface area contributed by atoms with Gasteiger partial charge in [0.05, 0.1) is 19.2 Å². The first-order valence-corrected chi connectivity index (χ1v) is 8.73. The summed E-state index contributed by atoms with van der Waals surface area (Å²) in [7, 11) is 1.55. The molecule has 0 aliphatic rings. The molecule has 3 nitrogen and oxygen atoms in total. The first-order valence-electron chi connectivity index (χ1n) is 8.35. The average Bonchev–Trinajstić information content (AvgIpc) is 2.66. The molecule has 0 heterocycles. The van der Waals surface area contributed by atoms with Gasteiger partial charge in [0.1, 0.15) is 5.75 Å².